The number of aliphatic hydroxyl groups is 1. The highest BCUT2D eigenvalue weighted by Crippen LogP contribution is 2.07. The van der Waals surface area contributed by atoms with Gasteiger partial charge in [0.05, 0.1) is 6.61 Å². The van der Waals surface area contributed by atoms with Crippen LogP contribution in [0.3, 0.4) is 0 Å². The third-order valence-electron chi connectivity index (χ3n) is 0.129. The zero-order valence-corrected chi connectivity index (χ0v) is 8.91. The maximum Gasteiger partial charge on any atom is 0.369 e. The van der Waals surface area contributed by atoms with E-state index in [0.717, 1.165) is 0 Å². The molecule has 0 rings (SSSR count). The number of rotatable bonds is 1. The van der Waals surface area contributed by atoms with Gasteiger partial charge in [-0.2, -0.15) is 0 Å². The fourth-order valence-electron chi connectivity index (χ4n) is 0. The Morgan fingerprint density at radius 2 is 1.50 bits per heavy atom. The van der Waals surface area contributed by atoms with Gasteiger partial charge in [-0.3, -0.25) is 0 Å². The summed E-state index contributed by atoms with van der Waals surface area (Å²) < 4.78 is 0.271. The van der Waals surface area contributed by atoms with Gasteiger partial charge in [0.2, 0.25) is 0 Å². The number of hydrogen-bond acceptors (Lipinski definition) is 2. The van der Waals surface area contributed by atoms with Crippen molar-refractivity contribution < 1.29 is 5.11 Å². The van der Waals surface area contributed by atoms with Gasteiger partial charge < -0.3 is 10.8 Å². The molecule has 50 valence electrons. The highest BCUT2D eigenvalue weighted by Gasteiger charge is 1.87. The molecule has 0 aliphatic rings. The monoisotopic (exact) mass is 309 g/mol. The Balaban J connectivity index is 0. The van der Waals surface area contributed by atoms with Crippen LogP contribution in [0.15, 0.2) is 0 Å². The first-order valence-electron chi connectivity index (χ1n) is 1.88. The van der Waals surface area contributed by atoms with Crippen molar-refractivity contribution in [2.75, 3.05) is 13.2 Å². The molecule has 2 nitrogen and oxygen atoms in total. The van der Waals surface area contributed by atoms with Gasteiger partial charge in [0.25, 0.3) is 0 Å². The number of halogens is 3. The Hall–Kier alpha value is 1.42. The molecule has 0 heterocycles. The standard InChI is InChI=1S/C2H7NO.BBr3/c3-1-2-4;2-1(3)4/h4H,1-3H2;. The van der Waals surface area contributed by atoms with E-state index < -0.39 is 0 Å². The number of aliphatic hydroxyl groups excluding tert-OH is 1. The van der Waals surface area contributed by atoms with Crippen molar-refractivity contribution in [1.29, 1.82) is 0 Å². The second kappa shape index (κ2) is 11.3. The highest BCUT2D eigenvalue weighted by molar-refractivity contribution is 9.69. The van der Waals surface area contributed by atoms with Crippen LogP contribution in [0.1, 0.15) is 0 Å². The summed E-state index contributed by atoms with van der Waals surface area (Å²) in [6.45, 7) is 0.472. The van der Waals surface area contributed by atoms with Crippen LogP contribution in [0, 0.1) is 0 Å². The Kier molecular flexibility index (Phi) is 17.1. The van der Waals surface area contributed by atoms with Gasteiger partial charge in [0.1, 0.15) is 0 Å². The van der Waals surface area contributed by atoms with Gasteiger partial charge in [-0.1, -0.05) is 0 Å². The summed E-state index contributed by atoms with van der Waals surface area (Å²) in [6, 6.07) is 0. The van der Waals surface area contributed by atoms with E-state index in [2.05, 4.69) is 47.3 Å². The van der Waals surface area contributed by atoms with Crippen LogP contribution in [0.5, 0.6) is 0 Å². The summed E-state index contributed by atoms with van der Waals surface area (Å²) in [5.41, 5.74) is 4.78. The van der Waals surface area contributed by atoms with Crippen LogP contribution in [0.4, 0.5) is 0 Å². The minimum atomic E-state index is 0.0972. The molecule has 8 heavy (non-hydrogen) atoms. The van der Waals surface area contributed by atoms with Crippen molar-refractivity contribution in [3.05, 3.63) is 0 Å². The molecule has 0 spiro atoms. The molecule has 0 amide bonds. The zero-order chi connectivity index (χ0) is 6.99. The summed E-state index contributed by atoms with van der Waals surface area (Å²) in [6.07, 6.45) is 0. The lowest BCUT2D eigenvalue weighted by atomic mass is 10.8. The zero-order valence-electron chi connectivity index (χ0n) is 4.15. The van der Waals surface area contributed by atoms with E-state index in [9.17, 15) is 0 Å². The molecule has 0 bridgehead atoms. The third-order valence-corrected chi connectivity index (χ3v) is 0.129. The molecule has 0 aromatic rings. The van der Waals surface area contributed by atoms with Crippen molar-refractivity contribution in [3.8, 4) is 0 Å². The van der Waals surface area contributed by atoms with Crippen molar-refractivity contribution in [2.24, 2.45) is 5.73 Å². The molecule has 0 saturated carbocycles. The van der Waals surface area contributed by atoms with Gasteiger partial charge in [0, 0.05) is 6.54 Å². The van der Waals surface area contributed by atoms with E-state index in [1.54, 1.807) is 0 Å². The van der Waals surface area contributed by atoms with Crippen molar-refractivity contribution >= 4 is 50.5 Å². The summed E-state index contributed by atoms with van der Waals surface area (Å²) in [5.74, 6) is 0. The molecule has 0 saturated heterocycles. The van der Waals surface area contributed by atoms with Crippen LogP contribution in [0.25, 0.3) is 0 Å². The molecule has 0 fully saturated rings. The van der Waals surface area contributed by atoms with Gasteiger partial charge in [0.15, 0.2) is 0 Å². The van der Waals surface area contributed by atoms with Crippen molar-refractivity contribution in [1.82, 2.24) is 0 Å². The van der Waals surface area contributed by atoms with E-state index >= 15 is 0 Å². The fourth-order valence-corrected chi connectivity index (χ4v) is 0. The molecule has 0 unspecified atom stereocenters. The Morgan fingerprint density at radius 3 is 1.50 bits per heavy atom. The first-order valence-corrected chi connectivity index (χ1v) is 4.63. The minimum absolute atomic E-state index is 0.0972. The van der Waals surface area contributed by atoms with Gasteiger partial charge in [-0.25, -0.2) is 0 Å². The molecule has 0 aromatic carbocycles. The summed E-state index contributed by atoms with van der Waals surface area (Å²) in [5, 5.41) is 7.75. The van der Waals surface area contributed by atoms with Crippen LogP contribution in [-0.4, -0.2) is 21.4 Å². The van der Waals surface area contributed by atoms with Gasteiger partial charge in [-0.05, 0) is 0 Å². The highest BCUT2D eigenvalue weighted by atomic mass is 79.9. The minimum Gasteiger partial charge on any atom is -0.395 e. The van der Waals surface area contributed by atoms with E-state index in [-0.39, 0.29) is 9.79 Å². The fraction of sp³-hybridized carbons (Fsp3) is 1.00. The van der Waals surface area contributed by atoms with Gasteiger partial charge >= 0.3 is 3.18 Å². The van der Waals surface area contributed by atoms with E-state index in [1.807, 2.05) is 0 Å². The Morgan fingerprint density at radius 1 is 1.38 bits per heavy atom. The van der Waals surface area contributed by atoms with Crippen LogP contribution < -0.4 is 5.73 Å². The predicted octanol–water partition coefficient (Wildman–Crippen LogP) is 1.09. The summed E-state index contributed by atoms with van der Waals surface area (Å²) in [4.78, 5) is 0. The normalized spacial score (nSPS) is 7.12. The average Bonchev–Trinajstić information content (AvgIpc) is 1.65. The smallest absolute Gasteiger partial charge is 0.369 e. The largest absolute Gasteiger partial charge is 0.395 e. The maximum absolute atomic E-state index is 7.75. The molecule has 0 aliphatic carbocycles. The molecular weight excluding hydrogens is 305 g/mol. The first-order chi connectivity index (χ1) is 3.65. The molecule has 0 atom stereocenters. The van der Waals surface area contributed by atoms with Crippen molar-refractivity contribution in [2.45, 2.75) is 0 Å². The van der Waals surface area contributed by atoms with Crippen LogP contribution in [0.2, 0.25) is 0 Å². The lowest BCUT2D eigenvalue weighted by molar-refractivity contribution is 0.306. The Labute approximate surface area is 74.2 Å². The Bertz CT molecular complexity index is 33.7. The molecule has 0 aliphatic heterocycles. The van der Waals surface area contributed by atoms with Crippen molar-refractivity contribution in [3.63, 3.8) is 0 Å². The molecule has 0 radical (unpaired) electrons. The number of nitrogens with two attached hydrogens (primary N) is 1. The van der Waals surface area contributed by atoms with E-state index in [0.29, 0.717) is 6.54 Å². The number of hydrogen-bond donors (Lipinski definition) is 2. The lowest BCUT2D eigenvalue weighted by Crippen LogP contribution is -2.02. The van der Waals surface area contributed by atoms with E-state index in [1.165, 1.54) is 0 Å². The topological polar surface area (TPSA) is 46.2 Å². The average molecular weight is 312 g/mol. The predicted molar refractivity (Wildman–Crippen MR) is 48.7 cm³/mol. The molecule has 6 heteroatoms. The lowest BCUT2D eigenvalue weighted by Gasteiger charge is -1.71. The second-order valence-corrected chi connectivity index (χ2v) is 7.19. The first kappa shape index (κ1) is 12.1. The summed E-state index contributed by atoms with van der Waals surface area (Å²) >= 11 is 9.31. The van der Waals surface area contributed by atoms with Crippen LogP contribution in [-0.2, 0) is 0 Å². The third kappa shape index (κ3) is 52.1. The SMILES string of the molecule is BrB(Br)Br.NCCO. The van der Waals surface area contributed by atoms with Crippen LogP contribution >= 0.6 is 47.3 Å². The molecular formula is C2H7BBr3NO. The maximum atomic E-state index is 7.75. The van der Waals surface area contributed by atoms with E-state index in [4.69, 9.17) is 10.8 Å². The molecule has 0 aromatic heterocycles. The van der Waals surface area contributed by atoms with Gasteiger partial charge in [-0.15, -0.1) is 47.3 Å². The second-order valence-electron chi connectivity index (χ2n) is 0.760. The summed E-state index contributed by atoms with van der Waals surface area (Å²) in [7, 11) is 0. The quantitative estimate of drug-likeness (QED) is 0.712. The molecule has 3 N–H and O–H groups in total.